The largest absolute Gasteiger partial charge is 0.370 e. The average Bonchev–Trinajstić information content (AvgIpc) is 3.21. The molecule has 130 valence electrons. The predicted octanol–water partition coefficient (Wildman–Crippen LogP) is 4.24. The van der Waals surface area contributed by atoms with Gasteiger partial charge in [0, 0.05) is 35.2 Å². The highest BCUT2D eigenvalue weighted by atomic mass is 32.1. The first-order chi connectivity index (χ1) is 12.1. The summed E-state index contributed by atoms with van der Waals surface area (Å²) in [7, 11) is 0. The maximum atomic E-state index is 13.7. The normalized spacial score (nSPS) is 17.6. The van der Waals surface area contributed by atoms with Crippen molar-refractivity contribution in [3.8, 4) is 0 Å². The Kier molecular flexibility index (Phi) is 4.39. The molecular weight excluding hydrogens is 337 g/mol. The van der Waals surface area contributed by atoms with Crippen LogP contribution in [0.4, 0.5) is 10.1 Å². The zero-order valence-corrected chi connectivity index (χ0v) is 15.1. The fourth-order valence-corrected chi connectivity index (χ4v) is 3.93. The lowest BCUT2D eigenvalue weighted by Gasteiger charge is -2.21. The molecule has 0 spiro atoms. The molecule has 3 heterocycles. The fourth-order valence-electron chi connectivity index (χ4n) is 3.33. The Labute approximate surface area is 150 Å². The van der Waals surface area contributed by atoms with Crippen LogP contribution in [0.25, 0.3) is 10.9 Å². The molecule has 1 aliphatic heterocycles. The molecule has 4 rings (SSSR count). The van der Waals surface area contributed by atoms with E-state index in [1.54, 1.807) is 23.5 Å². The predicted molar refractivity (Wildman–Crippen MR) is 98.7 cm³/mol. The van der Waals surface area contributed by atoms with Crippen LogP contribution in [-0.4, -0.2) is 29.2 Å². The molecule has 1 unspecified atom stereocenters. The first-order valence-electron chi connectivity index (χ1n) is 8.43. The molecule has 1 aromatic carbocycles. The number of benzene rings is 1. The summed E-state index contributed by atoms with van der Waals surface area (Å²) in [6.45, 7) is 6.23. The van der Waals surface area contributed by atoms with Crippen molar-refractivity contribution < 1.29 is 9.13 Å². The molecule has 1 aliphatic rings. The van der Waals surface area contributed by atoms with Gasteiger partial charge in [-0.2, -0.15) is 0 Å². The molecule has 1 atom stereocenters. The number of fused-ring (bicyclic) bond motifs is 1. The number of hydrogen-bond acceptors (Lipinski definition) is 5. The Hall–Kier alpha value is -2.05. The lowest BCUT2D eigenvalue weighted by atomic mass is 10.1. The molecule has 0 saturated carbocycles. The van der Waals surface area contributed by atoms with Gasteiger partial charge in [0.2, 0.25) is 0 Å². The topological polar surface area (TPSA) is 38.2 Å². The Bertz CT molecular complexity index is 911. The van der Waals surface area contributed by atoms with Crippen molar-refractivity contribution in [2.45, 2.75) is 33.0 Å². The van der Waals surface area contributed by atoms with Crippen molar-refractivity contribution >= 4 is 27.9 Å². The number of rotatable bonds is 4. The summed E-state index contributed by atoms with van der Waals surface area (Å²) >= 11 is 1.64. The quantitative estimate of drug-likeness (QED) is 0.700. The lowest BCUT2D eigenvalue weighted by Crippen LogP contribution is -2.23. The van der Waals surface area contributed by atoms with Crippen LogP contribution in [-0.2, 0) is 11.3 Å². The first-order valence-corrected chi connectivity index (χ1v) is 9.31. The fraction of sp³-hybridized carbons (Fsp3) is 0.368. The van der Waals surface area contributed by atoms with Gasteiger partial charge in [0.15, 0.2) is 0 Å². The van der Waals surface area contributed by atoms with Crippen LogP contribution in [0.2, 0.25) is 0 Å². The highest BCUT2D eigenvalue weighted by molar-refractivity contribution is 7.09. The summed E-state index contributed by atoms with van der Waals surface area (Å²) in [6.07, 6.45) is 1.13. The summed E-state index contributed by atoms with van der Waals surface area (Å²) in [5, 5.41) is 3.97. The summed E-state index contributed by atoms with van der Waals surface area (Å²) in [5.74, 6) is -0.231. The molecule has 0 aliphatic carbocycles. The van der Waals surface area contributed by atoms with E-state index in [4.69, 9.17) is 4.74 Å². The molecule has 4 nitrogen and oxygen atoms in total. The minimum absolute atomic E-state index is 0.166. The van der Waals surface area contributed by atoms with E-state index in [1.165, 1.54) is 6.07 Å². The molecular formula is C19H20FN3OS. The summed E-state index contributed by atoms with van der Waals surface area (Å²) in [5.41, 5.74) is 3.81. The monoisotopic (exact) mass is 357 g/mol. The Morgan fingerprint density at radius 1 is 1.28 bits per heavy atom. The maximum absolute atomic E-state index is 13.7. The second kappa shape index (κ2) is 6.69. The molecule has 0 amide bonds. The van der Waals surface area contributed by atoms with E-state index in [9.17, 15) is 4.39 Å². The van der Waals surface area contributed by atoms with Crippen LogP contribution >= 0.6 is 11.3 Å². The molecule has 0 N–H and O–H groups in total. The van der Waals surface area contributed by atoms with Gasteiger partial charge in [-0.15, -0.1) is 11.3 Å². The van der Waals surface area contributed by atoms with Gasteiger partial charge in [-0.25, -0.2) is 9.37 Å². The third-order valence-electron chi connectivity index (χ3n) is 4.50. The Morgan fingerprint density at radius 2 is 2.16 bits per heavy atom. The first kappa shape index (κ1) is 16.4. The van der Waals surface area contributed by atoms with Gasteiger partial charge in [0.1, 0.15) is 5.82 Å². The lowest BCUT2D eigenvalue weighted by molar-refractivity contribution is 0.0536. The van der Waals surface area contributed by atoms with E-state index in [0.29, 0.717) is 6.61 Å². The van der Waals surface area contributed by atoms with E-state index in [2.05, 4.69) is 14.9 Å². The molecule has 25 heavy (non-hydrogen) atoms. The Morgan fingerprint density at radius 3 is 2.96 bits per heavy atom. The van der Waals surface area contributed by atoms with Gasteiger partial charge in [-0.05, 0) is 44.5 Å². The summed E-state index contributed by atoms with van der Waals surface area (Å²) in [4.78, 5) is 11.2. The number of aryl methyl sites for hydroxylation is 2. The molecule has 3 aromatic rings. The number of thiazole rings is 1. The van der Waals surface area contributed by atoms with E-state index in [0.717, 1.165) is 52.5 Å². The van der Waals surface area contributed by atoms with Crippen LogP contribution in [0, 0.1) is 19.7 Å². The van der Waals surface area contributed by atoms with Gasteiger partial charge in [-0.1, -0.05) is 0 Å². The second-order valence-corrected chi connectivity index (χ2v) is 7.53. The van der Waals surface area contributed by atoms with E-state index >= 15 is 0 Å². The van der Waals surface area contributed by atoms with Crippen LogP contribution in [0.3, 0.4) is 0 Å². The number of halogens is 1. The molecule has 0 radical (unpaired) electrons. The van der Waals surface area contributed by atoms with Crippen LogP contribution < -0.4 is 4.90 Å². The van der Waals surface area contributed by atoms with Crippen molar-refractivity contribution in [3.05, 3.63) is 51.9 Å². The number of anilines is 1. The minimum Gasteiger partial charge on any atom is -0.370 e. The summed E-state index contributed by atoms with van der Waals surface area (Å²) < 4.78 is 19.7. The molecule has 6 heteroatoms. The molecule has 2 aromatic heterocycles. The molecule has 1 saturated heterocycles. The number of hydrogen-bond donors (Lipinski definition) is 0. The van der Waals surface area contributed by atoms with Crippen LogP contribution in [0.1, 0.15) is 22.8 Å². The third-order valence-corrected chi connectivity index (χ3v) is 5.32. The SMILES string of the molecule is Cc1cc(N2CCC(OCc3csc(C)n3)C2)c2cc(F)ccc2n1. The second-order valence-electron chi connectivity index (χ2n) is 6.47. The van der Waals surface area contributed by atoms with E-state index in [1.807, 2.05) is 25.3 Å². The van der Waals surface area contributed by atoms with Gasteiger partial charge < -0.3 is 9.64 Å². The number of pyridine rings is 1. The highest BCUT2D eigenvalue weighted by Gasteiger charge is 2.25. The zero-order chi connectivity index (χ0) is 17.4. The Balaban J connectivity index is 1.51. The van der Waals surface area contributed by atoms with Gasteiger partial charge in [0.25, 0.3) is 0 Å². The van der Waals surface area contributed by atoms with Crippen molar-refractivity contribution in [2.75, 3.05) is 18.0 Å². The third kappa shape index (κ3) is 3.50. The van der Waals surface area contributed by atoms with E-state index < -0.39 is 0 Å². The van der Waals surface area contributed by atoms with Crippen molar-refractivity contribution in [2.24, 2.45) is 0 Å². The number of ether oxygens (including phenoxy) is 1. The molecule has 0 bridgehead atoms. The minimum atomic E-state index is -0.231. The van der Waals surface area contributed by atoms with E-state index in [-0.39, 0.29) is 11.9 Å². The highest BCUT2D eigenvalue weighted by Crippen LogP contribution is 2.31. The van der Waals surface area contributed by atoms with Gasteiger partial charge in [-0.3, -0.25) is 4.98 Å². The van der Waals surface area contributed by atoms with Crippen molar-refractivity contribution in [1.82, 2.24) is 9.97 Å². The zero-order valence-electron chi connectivity index (χ0n) is 14.3. The molecule has 1 fully saturated rings. The van der Waals surface area contributed by atoms with Gasteiger partial charge in [0.05, 0.1) is 28.9 Å². The standard InChI is InChI=1S/C19H20FN3OS/c1-12-7-19(17-8-14(20)3-4-18(17)21-12)23-6-5-16(9-23)24-10-15-11-25-13(2)22-15/h3-4,7-8,11,16H,5-6,9-10H2,1-2H3. The summed E-state index contributed by atoms with van der Waals surface area (Å²) in [6, 6.07) is 6.82. The number of aromatic nitrogens is 2. The van der Waals surface area contributed by atoms with Gasteiger partial charge >= 0.3 is 0 Å². The van der Waals surface area contributed by atoms with Crippen molar-refractivity contribution in [3.63, 3.8) is 0 Å². The van der Waals surface area contributed by atoms with Crippen molar-refractivity contribution in [1.29, 1.82) is 0 Å². The smallest absolute Gasteiger partial charge is 0.124 e. The van der Waals surface area contributed by atoms with Crippen LogP contribution in [0.15, 0.2) is 29.6 Å². The number of nitrogens with zero attached hydrogens (tertiary/aromatic N) is 3. The average molecular weight is 357 g/mol. The van der Waals surface area contributed by atoms with Crippen LogP contribution in [0.5, 0.6) is 0 Å². The maximum Gasteiger partial charge on any atom is 0.124 e.